The summed E-state index contributed by atoms with van der Waals surface area (Å²) in [6.07, 6.45) is 5.76. The Hall–Kier alpha value is -1.31. The minimum atomic E-state index is 0.111. The summed E-state index contributed by atoms with van der Waals surface area (Å²) in [6, 6.07) is 8.48. The summed E-state index contributed by atoms with van der Waals surface area (Å²) >= 11 is 0. The monoisotopic (exact) mass is 245 g/mol. The van der Waals surface area contributed by atoms with Gasteiger partial charge in [-0.05, 0) is 38.2 Å². The lowest BCUT2D eigenvalue weighted by molar-refractivity contribution is -0.122. The second-order valence-corrected chi connectivity index (χ2v) is 5.55. The van der Waals surface area contributed by atoms with Crippen LogP contribution < -0.4 is 5.32 Å². The van der Waals surface area contributed by atoms with Gasteiger partial charge < -0.3 is 5.32 Å². The van der Waals surface area contributed by atoms with Crippen molar-refractivity contribution in [2.24, 2.45) is 5.92 Å². The molecule has 1 aliphatic rings. The first-order valence-corrected chi connectivity index (χ1v) is 7.01. The van der Waals surface area contributed by atoms with E-state index in [1.54, 1.807) is 0 Å². The quantitative estimate of drug-likeness (QED) is 0.860. The Bertz CT molecular complexity index is 390. The summed E-state index contributed by atoms with van der Waals surface area (Å²) in [7, 11) is 0. The number of benzene rings is 1. The second-order valence-electron chi connectivity index (χ2n) is 5.55. The van der Waals surface area contributed by atoms with Gasteiger partial charge in [0.1, 0.15) is 0 Å². The molecule has 0 aliphatic heterocycles. The second kappa shape index (κ2) is 6.03. The van der Waals surface area contributed by atoms with Crippen molar-refractivity contribution >= 4 is 5.91 Å². The van der Waals surface area contributed by atoms with Crippen molar-refractivity contribution < 1.29 is 4.79 Å². The maximum absolute atomic E-state index is 11.9. The van der Waals surface area contributed by atoms with E-state index in [0.29, 0.717) is 12.3 Å². The predicted molar refractivity (Wildman–Crippen MR) is 74.3 cm³/mol. The van der Waals surface area contributed by atoms with Crippen LogP contribution in [0.5, 0.6) is 0 Å². The molecule has 1 aromatic rings. The van der Waals surface area contributed by atoms with Crippen molar-refractivity contribution in [3.63, 3.8) is 0 Å². The van der Waals surface area contributed by atoms with Crippen LogP contribution in [0.1, 0.15) is 56.2 Å². The van der Waals surface area contributed by atoms with Crippen LogP contribution in [0.3, 0.4) is 0 Å². The van der Waals surface area contributed by atoms with E-state index < -0.39 is 0 Å². The number of hydrogen-bond acceptors (Lipinski definition) is 1. The highest BCUT2D eigenvalue weighted by Gasteiger charge is 2.19. The third kappa shape index (κ3) is 3.59. The van der Waals surface area contributed by atoms with Crippen LogP contribution in [0.2, 0.25) is 0 Å². The summed E-state index contributed by atoms with van der Waals surface area (Å²) in [5.41, 5.74) is 2.43. The van der Waals surface area contributed by atoms with Crippen molar-refractivity contribution in [3.05, 3.63) is 35.4 Å². The van der Waals surface area contributed by atoms with E-state index in [0.717, 1.165) is 0 Å². The number of nitrogens with one attached hydrogen (secondary N) is 1. The summed E-state index contributed by atoms with van der Waals surface area (Å²) in [5.74, 6) is 0.824. The van der Waals surface area contributed by atoms with Crippen molar-refractivity contribution in [2.75, 3.05) is 0 Å². The fraction of sp³-hybridized carbons (Fsp3) is 0.562. The third-order valence-corrected chi connectivity index (χ3v) is 3.90. The zero-order valence-corrected chi connectivity index (χ0v) is 11.4. The smallest absolute Gasteiger partial charge is 0.220 e. The van der Waals surface area contributed by atoms with Gasteiger partial charge in [0.05, 0.1) is 6.04 Å². The van der Waals surface area contributed by atoms with Gasteiger partial charge in [0.25, 0.3) is 0 Å². The minimum absolute atomic E-state index is 0.111. The molecule has 0 radical (unpaired) electrons. The standard InChI is InChI=1S/C16H23NO/c1-12-7-9-15(10-8-12)13(2)17-16(18)11-14-5-3-4-6-14/h7-10,13-14H,3-6,11H2,1-2H3,(H,17,18). The average Bonchev–Trinajstić information content (AvgIpc) is 2.82. The highest BCUT2D eigenvalue weighted by molar-refractivity contribution is 5.76. The van der Waals surface area contributed by atoms with Crippen LogP contribution in [-0.4, -0.2) is 5.91 Å². The van der Waals surface area contributed by atoms with Gasteiger partial charge in [-0.15, -0.1) is 0 Å². The first-order chi connectivity index (χ1) is 8.65. The van der Waals surface area contributed by atoms with Gasteiger partial charge in [-0.1, -0.05) is 42.7 Å². The number of rotatable bonds is 4. The molecule has 2 nitrogen and oxygen atoms in total. The SMILES string of the molecule is Cc1ccc(C(C)NC(=O)CC2CCCC2)cc1. The lowest BCUT2D eigenvalue weighted by Crippen LogP contribution is -2.27. The fourth-order valence-corrected chi connectivity index (χ4v) is 2.72. The van der Waals surface area contributed by atoms with Gasteiger partial charge in [0.2, 0.25) is 5.91 Å². The van der Waals surface area contributed by atoms with Crippen LogP contribution in [0.25, 0.3) is 0 Å². The normalized spacial score (nSPS) is 17.7. The predicted octanol–water partition coefficient (Wildman–Crippen LogP) is 3.75. The largest absolute Gasteiger partial charge is 0.350 e. The third-order valence-electron chi connectivity index (χ3n) is 3.90. The minimum Gasteiger partial charge on any atom is -0.350 e. The van der Waals surface area contributed by atoms with Crippen LogP contribution in [-0.2, 0) is 4.79 Å². The lowest BCUT2D eigenvalue weighted by Gasteiger charge is -2.16. The average molecular weight is 245 g/mol. The van der Waals surface area contributed by atoms with Gasteiger partial charge in [0, 0.05) is 6.42 Å². The molecule has 0 bridgehead atoms. The van der Waals surface area contributed by atoms with Gasteiger partial charge >= 0.3 is 0 Å². The molecule has 0 saturated heterocycles. The molecule has 0 spiro atoms. The molecule has 1 unspecified atom stereocenters. The van der Waals surface area contributed by atoms with Crippen molar-refractivity contribution in [1.82, 2.24) is 5.32 Å². The van der Waals surface area contributed by atoms with Crippen molar-refractivity contribution in [2.45, 2.75) is 52.0 Å². The molecule has 1 saturated carbocycles. The number of carbonyl (C=O) groups excluding carboxylic acids is 1. The summed E-state index contributed by atoms with van der Waals surface area (Å²) in [5, 5.41) is 3.10. The number of carbonyl (C=O) groups is 1. The molecule has 0 heterocycles. The van der Waals surface area contributed by atoms with Crippen molar-refractivity contribution in [1.29, 1.82) is 0 Å². The molecule has 1 N–H and O–H groups in total. The fourth-order valence-electron chi connectivity index (χ4n) is 2.72. The van der Waals surface area contributed by atoms with E-state index in [2.05, 4.69) is 43.4 Å². The zero-order valence-electron chi connectivity index (χ0n) is 11.4. The molecule has 2 heteroatoms. The highest BCUT2D eigenvalue weighted by Crippen LogP contribution is 2.27. The van der Waals surface area contributed by atoms with Gasteiger partial charge in [0.15, 0.2) is 0 Å². The first kappa shape index (κ1) is 13.1. The Morgan fingerprint density at radius 2 is 1.89 bits per heavy atom. The van der Waals surface area contributed by atoms with E-state index in [1.165, 1.54) is 36.8 Å². The van der Waals surface area contributed by atoms with E-state index in [9.17, 15) is 4.79 Å². The molecular weight excluding hydrogens is 222 g/mol. The maximum atomic E-state index is 11.9. The van der Waals surface area contributed by atoms with Crippen molar-refractivity contribution in [3.8, 4) is 0 Å². The summed E-state index contributed by atoms with van der Waals surface area (Å²) in [4.78, 5) is 11.9. The number of aryl methyl sites for hydroxylation is 1. The van der Waals surface area contributed by atoms with Gasteiger partial charge in [-0.2, -0.15) is 0 Å². The van der Waals surface area contributed by atoms with Gasteiger partial charge in [-0.25, -0.2) is 0 Å². The van der Waals surface area contributed by atoms with Crippen LogP contribution in [0.15, 0.2) is 24.3 Å². The molecular formula is C16H23NO. The Morgan fingerprint density at radius 3 is 2.50 bits per heavy atom. The van der Waals surface area contributed by atoms with Crippen LogP contribution in [0, 0.1) is 12.8 Å². The van der Waals surface area contributed by atoms with E-state index in [1.807, 2.05) is 0 Å². The molecule has 1 amide bonds. The maximum Gasteiger partial charge on any atom is 0.220 e. The Kier molecular flexibility index (Phi) is 4.40. The van der Waals surface area contributed by atoms with E-state index in [-0.39, 0.29) is 11.9 Å². The molecule has 98 valence electrons. The molecule has 1 aromatic carbocycles. The summed E-state index contributed by atoms with van der Waals surface area (Å²) in [6.45, 7) is 4.13. The first-order valence-electron chi connectivity index (χ1n) is 7.01. The Balaban J connectivity index is 1.84. The van der Waals surface area contributed by atoms with E-state index in [4.69, 9.17) is 0 Å². The Labute approximate surface area is 110 Å². The number of hydrogen-bond donors (Lipinski definition) is 1. The van der Waals surface area contributed by atoms with E-state index >= 15 is 0 Å². The Morgan fingerprint density at radius 1 is 1.28 bits per heavy atom. The molecule has 18 heavy (non-hydrogen) atoms. The summed E-state index contributed by atoms with van der Waals surface area (Å²) < 4.78 is 0. The lowest BCUT2D eigenvalue weighted by atomic mass is 10.0. The topological polar surface area (TPSA) is 29.1 Å². The van der Waals surface area contributed by atoms with Crippen LogP contribution in [0.4, 0.5) is 0 Å². The van der Waals surface area contributed by atoms with Crippen LogP contribution >= 0.6 is 0 Å². The van der Waals surface area contributed by atoms with Gasteiger partial charge in [-0.3, -0.25) is 4.79 Å². The molecule has 0 aromatic heterocycles. The zero-order chi connectivity index (χ0) is 13.0. The molecule has 1 aliphatic carbocycles. The number of amides is 1. The molecule has 1 atom stereocenters. The molecule has 1 fully saturated rings. The highest BCUT2D eigenvalue weighted by atomic mass is 16.1. The molecule has 2 rings (SSSR count).